The van der Waals surface area contributed by atoms with E-state index in [0.717, 1.165) is 25.3 Å². The van der Waals surface area contributed by atoms with Crippen LogP contribution in [0.25, 0.3) is 0 Å². The molecule has 178 valence electrons. The van der Waals surface area contributed by atoms with Crippen LogP contribution >= 0.6 is 0 Å². The number of aromatic nitrogens is 1. The Labute approximate surface area is 187 Å². The van der Waals surface area contributed by atoms with E-state index in [2.05, 4.69) is 19.2 Å². The summed E-state index contributed by atoms with van der Waals surface area (Å²) in [4.78, 5) is 15.5. The SMILES string of the molecule is CC(C)[C@]1(C(=O)N2CCc3c(cc(C(F)(F)F)c[n+]3O)C2)CCC(NC2CCCCC2)C1. The van der Waals surface area contributed by atoms with Gasteiger partial charge >= 0.3 is 6.18 Å². The molecule has 8 heteroatoms. The molecule has 2 N–H and O–H groups in total. The quantitative estimate of drug-likeness (QED) is 0.529. The smallest absolute Gasteiger partial charge is 0.337 e. The molecule has 32 heavy (non-hydrogen) atoms. The fraction of sp³-hybridized carbons (Fsp3) is 0.750. The highest BCUT2D eigenvalue weighted by atomic mass is 19.4. The zero-order valence-electron chi connectivity index (χ0n) is 19.0. The van der Waals surface area contributed by atoms with Crippen molar-refractivity contribution < 1.29 is 27.9 Å². The van der Waals surface area contributed by atoms with E-state index in [1.165, 1.54) is 32.1 Å². The summed E-state index contributed by atoms with van der Waals surface area (Å²) in [6, 6.07) is 1.93. The van der Waals surface area contributed by atoms with Crippen LogP contribution in [0.15, 0.2) is 12.3 Å². The maximum atomic E-state index is 13.8. The highest BCUT2D eigenvalue weighted by molar-refractivity contribution is 5.83. The van der Waals surface area contributed by atoms with Crippen molar-refractivity contribution in [2.45, 2.75) is 96.4 Å². The summed E-state index contributed by atoms with van der Waals surface area (Å²) in [6.07, 6.45) is 5.28. The molecule has 2 saturated carbocycles. The minimum absolute atomic E-state index is 0.0491. The standard InChI is InChI=1S/C24H35F3N3O2/c1-16(2)23(10-8-20(13-23)28-19-6-4-3-5-7-19)22(31)29-11-9-21-17(14-29)12-18(15-30(21)32)24(25,26)27/h12,15-16,19-20,28,32H,3-11,13-14H2,1-2H3/q+1/t20?,23-/m0/s1. The first-order valence-corrected chi connectivity index (χ1v) is 12.0. The molecule has 2 aliphatic carbocycles. The summed E-state index contributed by atoms with van der Waals surface area (Å²) in [7, 11) is 0. The van der Waals surface area contributed by atoms with Crippen LogP contribution in [0.5, 0.6) is 0 Å². The van der Waals surface area contributed by atoms with Gasteiger partial charge in [-0.2, -0.15) is 13.2 Å². The number of fused-ring (bicyclic) bond motifs is 1. The van der Waals surface area contributed by atoms with E-state index in [-0.39, 0.29) is 18.4 Å². The monoisotopic (exact) mass is 454 g/mol. The van der Waals surface area contributed by atoms with Crippen LogP contribution in [0, 0.1) is 11.3 Å². The second kappa shape index (κ2) is 8.84. The van der Waals surface area contributed by atoms with E-state index in [1.807, 2.05) is 0 Å². The van der Waals surface area contributed by atoms with Crippen LogP contribution in [0.2, 0.25) is 0 Å². The Kier molecular flexibility index (Phi) is 6.45. The van der Waals surface area contributed by atoms with Crippen LogP contribution < -0.4 is 10.0 Å². The van der Waals surface area contributed by atoms with Gasteiger partial charge in [0.25, 0.3) is 0 Å². The molecule has 4 rings (SSSR count). The van der Waals surface area contributed by atoms with Gasteiger partial charge in [0, 0.05) is 28.9 Å². The molecular weight excluding hydrogens is 419 g/mol. The average molecular weight is 455 g/mol. The van der Waals surface area contributed by atoms with Crippen molar-refractivity contribution in [3.8, 4) is 0 Å². The molecule has 0 saturated heterocycles. The number of nitrogens with zero attached hydrogens (tertiary/aromatic N) is 2. The molecule has 1 aromatic rings. The highest BCUT2D eigenvalue weighted by Crippen LogP contribution is 2.47. The maximum absolute atomic E-state index is 13.8. The molecule has 1 unspecified atom stereocenters. The van der Waals surface area contributed by atoms with Crippen molar-refractivity contribution in [3.63, 3.8) is 0 Å². The van der Waals surface area contributed by atoms with E-state index >= 15 is 0 Å². The number of pyridine rings is 1. The molecule has 0 aromatic carbocycles. The molecule has 3 aliphatic rings. The number of alkyl halides is 3. The summed E-state index contributed by atoms with van der Waals surface area (Å²) in [5.74, 6) is 0.201. The van der Waals surface area contributed by atoms with Gasteiger partial charge in [-0.1, -0.05) is 33.1 Å². The summed E-state index contributed by atoms with van der Waals surface area (Å²) in [5, 5.41) is 13.9. The number of hydrogen-bond acceptors (Lipinski definition) is 3. The Morgan fingerprint density at radius 1 is 1.22 bits per heavy atom. The molecule has 1 aliphatic heterocycles. The second-order valence-electron chi connectivity index (χ2n) is 10.3. The van der Waals surface area contributed by atoms with Crippen LogP contribution in [0.4, 0.5) is 13.2 Å². The lowest BCUT2D eigenvalue weighted by Crippen LogP contribution is -2.51. The number of carbonyl (C=O) groups excluding carboxylic acids is 1. The molecule has 1 amide bonds. The lowest BCUT2D eigenvalue weighted by molar-refractivity contribution is -0.910. The summed E-state index contributed by atoms with van der Waals surface area (Å²) < 4.78 is 40.3. The van der Waals surface area contributed by atoms with Gasteiger partial charge in [0.05, 0.1) is 18.4 Å². The zero-order chi connectivity index (χ0) is 23.1. The van der Waals surface area contributed by atoms with E-state index in [1.54, 1.807) is 4.90 Å². The third-order valence-electron chi connectivity index (χ3n) is 7.99. The lowest BCUT2D eigenvalue weighted by Gasteiger charge is -2.39. The predicted octanol–water partition coefficient (Wildman–Crippen LogP) is 4.23. The average Bonchev–Trinajstić information content (AvgIpc) is 3.18. The number of hydrogen-bond donors (Lipinski definition) is 2. The maximum Gasteiger partial charge on any atom is 0.422 e. The summed E-state index contributed by atoms with van der Waals surface area (Å²) in [6.45, 7) is 4.69. The highest BCUT2D eigenvalue weighted by Gasteiger charge is 2.50. The van der Waals surface area contributed by atoms with Gasteiger partial charge in [0.15, 0.2) is 0 Å². The van der Waals surface area contributed by atoms with Crippen molar-refractivity contribution in [3.05, 3.63) is 29.1 Å². The van der Waals surface area contributed by atoms with Crippen molar-refractivity contribution in [1.82, 2.24) is 10.2 Å². The van der Waals surface area contributed by atoms with Crippen molar-refractivity contribution in [2.24, 2.45) is 11.3 Å². The van der Waals surface area contributed by atoms with E-state index in [4.69, 9.17) is 0 Å². The first-order valence-electron chi connectivity index (χ1n) is 12.0. The number of amides is 1. The van der Waals surface area contributed by atoms with Crippen LogP contribution in [-0.2, 0) is 23.9 Å². The molecule has 1 aromatic heterocycles. The van der Waals surface area contributed by atoms with E-state index in [9.17, 15) is 23.2 Å². The van der Waals surface area contributed by atoms with Gasteiger partial charge in [0.1, 0.15) is 5.56 Å². The Morgan fingerprint density at radius 2 is 1.94 bits per heavy atom. The van der Waals surface area contributed by atoms with Crippen LogP contribution in [-0.4, -0.2) is 34.6 Å². The molecule has 0 spiro atoms. The molecule has 2 atom stereocenters. The van der Waals surface area contributed by atoms with Crippen molar-refractivity contribution >= 4 is 5.91 Å². The molecule has 2 fully saturated rings. The lowest BCUT2D eigenvalue weighted by atomic mass is 9.74. The Hall–Kier alpha value is -1.83. The third kappa shape index (κ3) is 4.47. The zero-order valence-corrected chi connectivity index (χ0v) is 19.0. The van der Waals surface area contributed by atoms with Gasteiger partial charge in [-0.3, -0.25) is 10.0 Å². The number of rotatable bonds is 4. The first kappa shape index (κ1) is 23.3. The Balaban J connectivity index is 1.51. The fourth-order valence-electron chi connectivity index (χ4n) is 6.03. The van der Waals surface area contributed by atoms with Crippen molar-refractivity contribution in [1.29, 1.82) is 0 Å². The topological polar surface area (TPSA) is 56.5 Å². The van der Waals surface area contributed by atoms with Gasteiger partial charge in [-0.15, -0.1) is 0 Å². The fourth-order valence-corrected chi connectivity index (χ4v) is 6.03. The molecule has 5 nitrogen and oxygen atoms in total. The number of nitrogens with one attached hydrogen (secondary N) is 1. The second-order valence-corrected chi connectivity index (χ2v) is 10.3. The third-order valence-corrected chi connectivity index (χ3v) is 7.99. The minimum atomic E-state index is -4.55. The van der Waals surface area contributed by atoms with Gasteiger partial charge in [0.2, 0.25) is 17.8 Å². The van der Waals surface area contributed by atoms with Gasteiger partial charge < -0.3 is 10.2 Å². The van der Waals surface area contributed by atoms with Crippen molar-refractivity contribution in [2.75, 3.05) is 6.54 Å². The number of halogens is 3. The normalized spacial score (nSPS) is 27.1. The number of carbonyl (C=O) groups is 1. The Morgan fingerprint density at radius 3 is 2.59 bits per heavy atom. The largest absolute Gasteiger partial charge is 0.422 e. The predicted molar refractivity (Wildman–Crippen MR) is 113 cm³/mol. The van der Waals surface area contributed by atoms with E-state index in [0.29, 0.717) is 47.2 Å². The molecule has 2 heterocycles. The van der Waals surface area contributed by atoms with Gasteiger partial charge in [-0.25, -0.2) is 0 Å². The summed E-state index contributed by atoms with van der Waals surface area (Å²) in [5.41, 5.74) is -0.565. The molecule has 0 radical (unpaired) electrons. The Bertz CT molecular complexity index is 852. The molecular formula is C24H35F3N3O2+. The summed E-state index contributed by atoms with van der Waals surface area (Å²) >= 11 is 0. The van der Waals surface area contributed by atoms with Gasteiger partial charge in [-0.05, 0) is 44.1 Å². The van der Waals surface area contributed by atoms with Crippen LogP contribution in [0.1, 0.15) is 82.0 Å². The molecule has 0 bridgehead atoms. The minimum Gasteiger partial charge on any atom is -0.337 e. The first-order chi connectivity index (χ1) is 15.1. The van der Waals surface area contributed by atoms with Crippen LogP contribution in [0.3, 0.4) is 0 Å². The van der Waals surface area contributed by atoms with E-state index < -0.39 is 17.2 Å².